The van der Waals surface area contributed by atoms with Gasteiger partial charge in [0, 0.05) is 29.4 Å². The lowest BCUT2D eigenvalue weighted by molar-refractivity contribution is -0.210. The molecule has 7 heteroatoms. The summed E-state index contributed by atoms with van der Waals surface area (Å²) >= 11 is 12.4. The molecule has 1 amide bonds. The fraction of sp³-hybridized carbons (Fsp3) is 0.711. The number of allylic oxidation sites excluding steroid dienone is 2. The zero-order valence-corrected chi connectivity index (χ0v) is 29.9. The number of halogens is 2. The maximum Gasteiger partial charge on any atom is 0.302 e. The number of hydrogen-bond donors (Lipinski definition) is 1. The average molecular weight is 657 g/mol. The number of rotatable bonds is 3. The molecule has 0 radical (unpaired) electrons. The highest BCUT2D eigenvalue weighted by atomic mass is 35.5. The van der Waals surface area contributed by atoms with Crippen LogP contribution in [0.2, 0.25) is 10.0 Å². The van der Waals surface area contributed by atoms with Gasteiger partial charge in [-0.05, 0) is 116 Å². The third-order valence-corrected chi connectivity index (χ3v) is 15.3. The lowest BCUT2D eigenvalue weighted by Gasteiger charge is -2.70. The van der Waals surface area contributed by atoms with E-state index in [1.165, 1.54) is 12.5 Å². The first-order chi connectivity index (χ1) is 20.8. The Balaban J connectivity index is 1.34. The van der Waals surface area contributed by atoms with E-state index >= 15 is 0 Å². The maximum absolute atomic E-state index is 14.7. The molecular weight excluding hydrogens is 605 g/mol. The van der Waals surface area contributed by atoms with Crippen LogP contribution in [-0.4, -0.2) is 23.8 Å². The summed E-state index contributed by atoms with van der Waals surface area (Å²) in [6, 6.07) is 5.21. The van der Waals surface area contributed by atoms with Crippen LogP contribution in [0.1, 0.15) is 113 Å². The predicted octanol–water partition coefficient (Wildman–Crippen LogP) is 9.84. The molecule has 6 rings (SSSR count). The molecule has 5 aliphatic rings. The van der Waals surface area contributed by atoms with Gasteiger partial charge in [-0.15, -0.1) is 0 Å². The molecule has 0 bridgehead atoms. The van der Waals surface area contributed by atoms with Crippen LogP contribution < -0.4 is 5.32 Å². The summed E-state index contributed by atoms with van der Waals surface area (Å²) in [7, 11) is 0. The second kappa shape index (κ2) is 10.6. The molecule has 45 heavy (non-hydrogen) atoms. The minimum Gasteiger partial charge on any atom is -0.462 e. The number of esters is 1. The summed E-state index contributed by atoms with van der Waals surface area (Å²) < 4.78 is 5.87. The van der Waals surface area contributed by atoms with E-state index in [9.17, 15) is 14.4 Å². The van der Waals surface area contributed by atoms with Gasteiger partial charge in [-0.1, -0.05) is 77.2 Å². The molecule has 0 saturated heterocycles. The molecular formula is C38H51Cl2NO4. The zero-order chi connectivity index (χ0) is 33.0. The summed E-state index contributed by atoms with van der Waals surface area (Å²) in [4.78, 5) is 40.6. The Morgan fingerprint density at radius 1 is 0.889 bits per heavy atom. The number of hydrogen-bond acceptors (Lipinski definition) is 4. The Labute approximate surface area is 279 Å². The van der Waals surface area contributed by atoms with Gasteiger partial charge in [-0.25, -0.2) is 0 Å². The van der Waals surface area contributed by atoms with Crippen molar-refractivity contribution < 1.29 is 19.1 Å². The fourth-order valence-electron chi connectivity index (χ4n) is 11.6. The van der Waals surface area contributed by atoms with Crippen molar-refractivity contribution in [2.75, 3.05) is 5.32 Å². The van der Waals surface area contributed by atoms with Crippen LogP contribution in [0.4, 0.5) is 5.69 Å². The number of ether oxygens (including phenoxy) is 1. The molecule has 5 aliphatic carbocycles. The second-order valence-corrected chi connectivity index (χ2v) is 18.1. The predicted molar refractivity (Wildman–Crippen MR) is 180 cm³/mol. The molecule has 5 nitrogen and oxygen atoms in total. The van der Waals surface area contributed by atoms with Gasteiger partial charge < -0.3 is 10.1 Å². The van der Waals surface area contributed by atoms with E-state index in [1.54, 1.807) is 18.2 Å². The zero-order valence-electron chi connectivity index (χ0n) is 28.4. The number of nitrogens with one attached hydrogen (secondary N) is 1. The first-order valence-corrected chi connectivity index (χ1v) is 17.8. The van der Waals surface area contributed by atoms with Crippen LogP contribution >= 0.6 is 23.2 Å². The highest BCUT2D eigenvalue weighted by Gasteiger charge is 2.70. The van der Waals surface area contributed by atoms with E-state index in [0.29, 0.717) is 21.7 Å². The minimum absolute atomic E-state index is 0.00169. The number of carbonyl (C=O) groups is 3. The van der Waals surface area contributed by atoms with E-state index in [2.05, 4.69) is 59.9 Å². The van der Waals surface area contributed by atoms with E-state index in [0.717, 1.165) is 57.8 Å². The SMILES string of the molecule is CC(=O)O[C@@H]1CC[C@@]2(C)[C@H](CC[C@]3(C)[C@@H]2C(=O)C=C2[C@H]4C[C@@](C)(C(=O)Nc5ccc(Cl)c(Cl)c5)CC[C@]4(C)CC[C@@]23C)C1(C)C. The van der Waals surface area contributed by atoms with Gasteiger partial charge in [0.15, 0.2) is 5.78 Å². The molecule has 246 valence electrons. The Hall–Kier alpha value is -1.85. The van der Waals surface area contributed by atoms with E-state index < -0.39 is 5.41 Å². The van der Waals surface area contributed by atoms with Crippen molar-refractivity contribution in [3.8, 4) is 0 Å². The topological polar surface area (TPSA) is 72.5 Å². The lowest BCUT2D eigenvalue weighted by Crippen LogP contribution is -2.66. The first kappa shape index (κ1) is 33.1. The van der Waals surface area contributed by atoms with Crippen molar-refractivity contribution in [1.29, 1.82) is 0 Å². The number of carbonyl (C=O) groups excluding carboxylic acids is 3. The Morgan fingerprint density at radius 2 is 1.58 bits per heavy atom. The highest BCUT2D eigenvalue weighted by molar-refractivity contribution is 6.42. The Kier molecular flexibility index (Phi) is 7.77. The van der Waals surface area contributed by atoms with Gasteiger partial charge in [0.1, 0.15) is 6.10 Å². The normalized spacial score (nSPS) is 43.5. The average Bonchev–Trinajstić information content (AvgIpc) is 2.94. The van der Waals surface area contributed by atoms with Crippen molar-refractivity contribution in [2.45, 2.75) is 119 Å². The molecule has 4 saturated carbocycles. The molecule has 1 N–H and O–H groups in total. The minimum atomic E-state index is -0.570. The fourth-order valence-corrected chi connectivity index (χ4v) is 11.9. The van der Waals surface area contributed by atoms with Gasteiger partial charge >= 0.3 is 5.97 Å². The summed E-state index contributed by atoms with van der Waals surface area (Å²) in [6.45, 7) is 17.7. The molecule has 4 fully saturated rings. The first-order valence-electron chi connectivity index (χ1n) is 17.0. The number of fused-ring (bicyclic) bond motifs is 7. The van der Waals surface area contributed by atoms with E-state index in [4.69, 9.17) is 27.9 Å². The summed E-state index contributed by atoms with van der Waals surface area (Å²) in [5.74, 6) is 0.435. The molecule has 0 heterocycles. The van der Waals surface area contributed by atoms with Gasteiger partial charge in [0.2, 0.25) is 5.91 Å². The lowest BCUT2D eigenvalue weighted by atomic mass is 9.33. The molecule has 0 aromatic heterocycles. The summed E-state index contributed by atoms with van der Waals surface area (Å²) in [6.07, 6.45) is 10.3. The Bertz CT molecular complexity index is 1490. The van der Waals surface area contributed by atoms with Crippen molar-refractivity contribution >= 4 is 46.5 Å². The van der Waals surface area contributed by atoms with Crippen LogP contribution in [0.25, 0.3) is 0 Å². The standard InChI is InChI=1S/C38H51Cl2NO4/c1-22(42)45-30-12-13-36(6)29(33(30,2)3)11-14-38(8)31(36)28(43)20-24-25-21-35(5,16-15-34(25,4)17-18-37(24,38)7)32(44)41-23-9-10-26(39)27(40)19-23/h9-10,19-20,25,29-31H,11-18,21H2,1-8H3,(H,41,44)/t25-,29-,30-,31-,34-,35+,36+,37+,38-/m1/s1. The molecule has 9 atom stereocenters. The van der Waals surface area contributed by atoms with Crippen LogP contribution in [0.5, 0.6) is 0 Å². The van der Waals surface area contributed by atoms with E-state index in [-0.39, 0.29) is 62.7 Å². The number of ketones is 1. The Morgan fingerprint density at radius 3 is 2.24 bits per heavy atom. The van der Waals surface area contributed by atoms with Crippen LogP contribution in [0.3, 0.4) is 0 Å². The van der Waals surface area contributed by atoms with Crippen LogP contribution in [-0.2, 0) is 19.1 Å². The quantitative estimate of drug-likeness (QED) is 0.329. The van der Waals surface area contributed by atoms with Gasteiger partial charge in [0.05, 0.1) is 10.0 Å². The van der Waals surface area contributed by atoms with Gasteiger partial charge in [-0.3, -0.25) is 14.4 Å². The van der Waals surface area contributed by atoms with Crippen molar-refractivity contribution in [1.82, 2.24) is 0 Å². The van der Waals surface area contributed by atoms with E-state index in [1.807, 2.05) is 0 Å². The molecule has 0 aliphatic heterocycles. The second-order valence-electron chi connectivity index (χ2n) is 17.3. The molecule has 1 aromatic carbocycles. The maximum atomic E-state index is 14.7. The summed E-state index contributed by atoms with van der Waals surface area (Å²) in [5, 5.41) is 4.01. The third kappa shape index (κ3) is 4.79. The monoisotopic (exact) mass is 655 g/mol. The van der Waals surface area contributed by atoms with Crippen LogP contribution in [0.15, 0.2) is 29.8 Å². The van der Waals surface area contributed by atoms with Gasteiger partial charge in [0.25, 0.3) is 0 Å². The highest BCUT2D eigenvalue weighted by Crippen LogP contribution is 2.75. The smallest absolute Gasteiger partial charge is 0.302 e. The summed E-state index contributed by atoms with van der Waals surface area (Å²) in [5.41, 5.74) is 0.752. The van der Waals surface area contributed by atoms with Crippen molar-refractivity contribution in [2.24, 2.45) is 50.2 Å². The third-order valence-electron chi connectivity index (χ3n) is 14.5. The molecule has 1 aromatic rings. The molecule has 0 unspecified atom stereocenters. The van der Waals surface area contributed by atoms with Gasteiger partial charge in [-0.2, -0.15) is 0 Å². The molecule has 0 spiro atoms. The number of benzene rings is 1. The number of amides is 1. The van der Waals surface area contributed by atoms with Crippen LogP contribution in [0, 0.1) is 50.2 Å². The van der Waals surface area contributed by atoms with Crippen molar-refractivity contribution in [3.63, 3.8) is 0 Å². The largest absolute Gasteiger partial charge is 0.462 e. The number of anilines is 1. The van der Waals surface area contributed by atoms with Crippen molar-refractivity contribution in [3.05, 3.63) is 39.9 Å².